The largest absolute Gasteiger partial charge is 0.427 e. The van der Waals surface area contributed by atoms with E-state index in [1.807, 2.05) is 0 Å². The van der Waals surface area contributed by atoms with Crippen molar-refractivity contribution >= 4 is 48.5 Å². The first-order chi connectivity index (χ1) is 10.9. The van der Waals surface area contributed by atoms with Crippen molar-refractivity contribution in [1.82, 2.24) is 4.57 Å². The van der Waals surface area contributed by atoms with Crippen LogP contribution in [-0.2, 0) is 0 Å². The van der Waals surface area contributed by atoms with Crippen molar-refractivity contribution in [3.63, 3.8) is 0 Å². The van der Waals surface area contributed by atoms with Crippen LogP contribution in [0.25, 0.3) is 16.7 Å². The minimum Gasteiger partial charge on any atom is -0.408 e. The summed E-state index contributed by atoms with van der Waals surface area (Å²) < 4.78 is 7.12. The summed E-state index contributed by atoms with van der Waals surface area (Å²) in [5.74, 6) is -0.876. The summed E-state index contributed by atoms with van der Waals surface area (Å²) in [5.41, 5.74) is -0.390. The van der Waals surface area contributed by atoms with Crippen molar-refractivity contribution in [3.05, 3.63) is 76.4 Å². The molecule has 1 heterocycles. The molecule has 116 valence electrons. The molecule has 2 aromatic carbocycles. The second kappa shape index (κ2) is 5.74. The predicted molar refractivity (Wildman–Crippen MR) is 90.1 cm³/mol. The molecule has 3 rings (SSSR count). The fourth-order valence-corrected chi connectivity index (χ4v) is 3.41. The second-order valence-corrected chi connectivity index (χ2v) is 6.32. The van der Waals surface area contributed by atoms with Gasteiger partial charge in [0.2, 0.25) is 0 Å². The fourth-order valence-electron chi connectivity index (χ4n) is 2.11. The van der Waals surface area contributed by atoms with Gasteiger partial charge in [-0.15, -0.1) is 0 Å². The van der Waals surface area contributed by atoms with Crippen molar-refractivity contribution in [2.75, 3.05) is 0 Å². The average Bonchev–Trinajstić information content (AvgIpc) is 2.49. The number of benzene rings is 2. The lowest BCUT2D eigenvalue weighted by atomic mass is 10.2. The van der Waals surface area contributed by atoms with Crippen LogP contribution in [0, 0.1) is 10.1 Å². The number of rotatable bonds is 2. The quantitative estimate of drug-likeness (QED) is 0.448. The third-order valence-corrected chi connectivity index (χ3v) is 4.18. The Bertz CT molecular complexity index is 1050. The second-order valence-electron chi connectivity index (χ2n) is 4.55. The molecule has 0 N–H and O–H groups in total. The highest BCUT2D eigenvalue weighted by atomic mass is 79.9. The van der Waals surface area contributed by atoms with Gasteiger partial charge in [0.1, 0.15) is 0 Å². The Balaban J connectivity index is 2.32. The summed E-state index contributed by atoms with van der Waals surface area (Å²) in [4.78, 5) is 34.9. The molecule has 0 amide bonds. The molecule has 3 aromatic rings. The zero-order valence-corrected chi connectivity index (χ0v) is 14.3. The van der Waals surface area contributed by atoms with Crippen molar-refractivity contribution in [3.8, 4) is 5.69 Å². The Kier molecular flexibility index (Phi) is 3.90. The van der Waals surface area contributed by atoms with Crippen LogP contribution in [-0.4, -0.2) is 9.49 Å². The van der Waals surface area contributed by atoms with Crippen LogP contribution >= 0.6 is 31.9 Å². The number of nitro groups is 1. The molecule has 7 nitrogen and oxygen atoms in total. The summed E-state index contributed by atoms with van der Waals surface area (Å²) in [6.45, 7) is 0. The number of hydrogen-bond acceptors (Lipinski definition) is 5. The number of fused-ring (bicyclic) bond motifs is 1. The molecule has 0 radical (unpaired) electrons. The topological polar surface area (TPSA) is 95.3 Å². The summed E-state index contributed by atoms with van der Waals surface area (Å²) in [7, 11) is 0. The van der Waals surface area contributed by atoms with Crippen LogP contribution in [0.3, 0.4) is 0 Å². The van der Waals surface area contributed by atoms with Gasteiger partial charge in [0.25, 0.3) is 11.2 Å². The molecule has 23 heavy (non-hydrogen) atoms. The first kappa shape index (κ1) is 15.6. The van der Waals surface area contributed by atoms with Gasteiger partial charge < -0.3 is 4.42 Å². The molecule has 0 aliphatic rings. The summed E-state index contributed by atoms with van der Waals surface area (Å²) in [5, 5.41) is 10.9. The van der Waals surface area contributed by atoms with E-state index >= 15 is 0 Å². The maximum Gasteiger partial charge on any atom is 0.427 e. The smallest absolute Gasteiger partial charge is 0.408 e. The number of nitrogens with zero attached hydrogens (tertiary/aromatic N) is 2. The minimum atomic E-state index is -0.876. The standard InChI is InChI=1S/C14H6Br2N2O5/c15-7-5-10-12(11(16)6-7)23-14(20)17(13(10)19)8-1-3-9(4-2-8)18(21)22/h1-6H. The Hall–Kier alpha value is -2.26. The molecule has 1 aromatic heterocycles. The van der Waals surface area contributed by atoms with E-state index in [-0.39, 0.29) is 22.3 Å². The van der Waals surface area contributed by atoms with Crippen LogP contribution in [0.5, 0.6) is 0 Å². The minimum absolute atomic E-state index is 0.140. The molecule has 0 unspecified atom stereocenters. The van der Waals surface area contributed by atoms with Crippen LogP contribution < -0.4 is 11.3 Å². The first-order valence-electron chi connectivity index (χ1n) is 6.18. The van der Waals surface area contributed by atoms with Crippen molar-refractivity contribution in [2.45, 2.75) is 0 Å². The Morgan fingerprint density at radius 1 is 1.09 bits per heavy atom. The highest BCUT2D eigenvalue weighted by molar-refractivity contribution is 9.11. The summed E-state index contributed by atoms with van der Waals surface area (Å²) in [6, 6.07) is 8.24. The van der Waals surface area contributed by atoms with E-state index in [4.69, 9.17) is 4.42 Å². The average molecular weight is 442 g/mol. The molecule has 0 aliphatic carbocycles. The number of hydrogen-bond donors (Lipinski definition) is 0. The number of aromatic nitrogens is 1. The lowest BCUT2D eigenvalue weighted by Crippen LogP contribution is -2.31. The van der Waals surface area contributed by atoms with Crippen LogP contribution in [0.4, 0.5) is 5.69 Å². The molecular weight excluding hydrogens is 436 g/mol. The van der Waals surface area contributed by atoms with Crippen LogP contribution in [0.2, 0.25) is 0 Å². The van der Waals surface area contributed by atoms with E-state index < -0.39 is 16.2 Å². The molecule has 0 fully saturated rings. The molecular formula is C14H6Br2N2O5. The Morgan fingerprint density at radius 2 is 1.74 bits per heavy atom. The van der Waals surface area contributed by atoms with E-state index in [1.165, 1.54) is 30.3 Å². The van der Waals surface area contributed by atoms with Crippen molar-refractivity contribution in [2.24, 2.45) is 0 Å². The molecule has 0 spiro atoms. The maximum absolute atomic E-state index is 12.6. The normalized spacial score (nSPS) is 10.9. The van der Waals surface area contributed by atoms with Gasteiger partial charge >= 0.3 is 5.76 Å². The lowest BCUT2D eigenvalue weighted by molar-refractivity contribution is -0.384. The van der Waals surface area contributed by atoms with E-state index in [1.54, 1.807) is 6.07 Å². The predicted octanol–water partition coefficient (Wildman–Crippen LogP) is 3.38. The SMILES string of the molecule is O=c1oc2c(Br)cc(Br)cc2c(=O)n1-c1ccc([N+](=O)[O-])cc1. The Morgan fingerprint density at radius 3 is 2.35 bits per heavy atom. The number of non-ortho nitro benzene ring substituents is 1. The van der Waals surface area contributed by atoms with E-state index in [0.717, 1.165) is 4.57 Å². The molecule has 0 aliphatic heterocycles. The van der Waals surface area contributed by atoms with E-state index in [9.17, 15) is 19.7 Å². The van der Waals surface area contributed by atoms with Crippen LogP contribution in [0.1, 0.15) is 0 Å². The van der Waals surface area contributed by atoms with Gasteiger partial charge in [-0.05, 0) is 40.2 Å². The zero-order chi connectivity index (χ0) is 16.7. The van der Waals surface area contributed by atoms with E-state index in [0.29, 0.717) is 8.95 Å². The summed E-state index contributed by atoms with van der Waals surface area (Å²) >= 11 is 6.51. The summed E-state index contributed by atoms with van der Waals surface area (Å²) in [6.07, 6.45) is 0. The van der Waals surface area contributed by atoms with Gasteiger partial charge in [0.05, 0.1) is 20.5 Å². The zero-order valence-electron chi connectivity index (χ0n) is 11.2. The molecule has 9 heteroatoms. The van der Waals surface area contributed by atoms with E-state index in [2.05, 4.69) is 31.9 Å². The molecule has 0 atom stereocenters. The Labute approximate surface area is 144 Å². The molecule has 0 saturated heterocycles. The number of nitro benzene ring substituents is 1. The van der Waals surface area contributed by atoms with Gasteiger partial charge in [-0.25, -0.2) is 9.36 Å². The highest BCUT2D eigenvalue weighted by Gasteiger charge is 2.15. The first-order valence-corrected chi connectivity index (χ1v) is 7.77. The fraction of sp³-hybridized carbons (Fsp3) is 0. The van der Waals surface area contributed by atoms with Gasteiger partial charge in [0.15, 0.2) is 5.58 Å². The molecule has 0 bridgehead atoms. The van der Waals surface area contributed by atoms with Crippen molar-refractivity contribution < 1.29 is 9.34 Å². The highest BCUT2D eigenvalue weighted by Crippen LogP contribution is 2.26. The van der Waals surface area contributed by atoms with Gasteiger partial charge in [-0.1, -0.05) is 15.9 Å². The lowest BCUT2D eigenvalue weighted by Gasteiger charge is -2.06. The van der Waals surface area contributed by atoms with Gasteiger partial charge in [-0.3, -0.25) is 14.9 Å². The monoisotopic (exact) mass is 440 g/mol. The molecule has 0 saturated carbocycles. The van der Waals surface area contributed by atoms with Gasteiger partial charge in [0, 0.05) is 16.6 Å². The van der Waals surface area contributed by atoms with Crippen molar-refractivity contribution in [1.29, 1.82) is 0 Å². The maximum atomic E-state index is 12.6. The third-order valence-electron chi connectivity index (χ3n) is 3.13. The van der Waals surface area contributed by atoms with Gasteiger partial charge in [-0.2, -0.15) is 0 Å². The third kappa shape index (κ3) is 2.73. The van der Waals surface area contributed by atoms with Crippen LogP contribution in [0.15, 0.2) is 59.3 Å². The number of halogens is 2.